The highest BCUT2D eigenvalue weighted by molar-refractivity contribution is 7.09. The van der Waals surface area contributed by atoms with E-state index in [4.69, 9.17) is 0 Å². The van der Waals surface area contributed by atoms with Gasteiger partial charge < -0.3 is 5.32 Å². The predicted octanol–water partition coefficient (Wildman–Crippen LogP) is 2.98. The number of nitrogens with one attached hydrogen (secondary N) is 1. The molecule has 96 valence electrons. The van der Waals surface area contributed by atoms with Crippen molar-refractivity contribution in [2.24, 2.45) is 0 Å². The molecule has 0 aliphatic carbocycles. The number of aryl methyl sites for hydroxylation is 3. The van der Waals surface area contributed by atoms with Gasteiger partial charge in [0.05, 0.1) is 17.2 Å². The van der Waals surface area contributed by atoms with Gasteiger partial charge in [-0.25, -0.2) is 15.0 Å². The fourth-order valence-electron chi connectivity index (χ4n) is 1.67. The molecular weight excluding hydrogens is 244 g/mol. The zero-order valence-corrected chi connectivity index (χ0v) is 11.8. The van der Waals surface area contributed by atoms with Crippen molar-refractivity contribution in [3.8, 4) is 0 Å². The lowest BCUT2D eigenvalue weighted by Gasteiger charge is -2.08. The third-order valence-electron chi connectivity index (χ3n) is 2.70. The maximum absolute atomic E-state index is 4.53. The largest absolute Gasteiger partial charge is 0.364 e. The van der Waals surface area contributed by atoms with Gasteiger partial charge >= 0.3 is 0 Å². The van der Waals surface area contributed by atoms with E-state index in [2.05, 4.69) is 39.5 Å². The summed E-state index contributed by atoms with van der Waals surface area (Å²) in [5.41, 5.74) is 2.22. The average Bonchev–Trinajstić information content (AvgIpc) is 2.84. The zero-order chi connectivity index (χ0) is 13.0. The number of hydrogen-bond acceptors (Lipinski definition) is 5. The SMILES string of the molecule is CCc1nc(CNc2nc(C)ncc2CC)cs1. The fraction of sp³-hybridized carbons (Fsp3) is 0.462. The first kappa shape index (κ1) is 13.0. The van der Waals surface area contributed by atoms with Gasteiger partial charge in [-0.15, -0.1) is 11.3 Å². The molecule has 4 nitrogen and oxygen atoms in total. The quantitative estimate of drug-likeness (QED) is 0.900. The Morgan fingerprint density at radius 1 is 1.22 bits per heavy atom. The standard InChI is InChI=1S/C13H18N4S/c1-4-10-6-14-9(3)16-13(10)15-7-11-8-18-12(5-2)17-11/h6,8H,4-5,7H2,1-3H3,(H,14,15,16). The number of aromatic nitrogens is 3. The predicted molar refractivity (Wildman–Crippen MR) is 75.0 cm³/mol. The van der Waals surface area contributed by atoms with Gasteiger partial charge in [0, 0.05) is 17.1 Å². The number of nitrogens with zero attached hydrogens (tertiary/aromatic N) is 3. The Labute approximate surface area is 112 Å². The van der Waals surface area contributed by atoms with E-state index in [9.17, 15) is 0 Å². The molecule has 5 heteroatoms. The molecule has 2 aromatic heterocycles. The Hall–Kier alpha value is -1.49. The molecule has 0 aliphatic rings. The summed E-state index contributed by atoms with van der Waals surface area (Å²) in [7, 11) is 0. The summed E-state index contributed by atoms with van der Waals surface area (Å²) in [4.78, 5) is 13.2. The normalized spacial score (nSPS) is 10.6. The van der Waals surface area contributed by atoms with E-state index >= 15 is 0 Å². The first-order chi connectivity index (χ1) is 8.72. The van der Waals surface area contributed by atoms with Crippen LogP contribution in [0.4, 0.5) is 5.82 Å². The Balaban J connectivity index is 2.07. The Morgan fingerprint density at radius 3 is 2.72 bits per heavy atom. The molecular formula is C13H18N4S. The molecule has 0 saturated carbocycles. The van der Waals surface area contributed by atoms with E-state index in [0.29, 0.717) is 0 Å². The first-order valence-electron chi connectivity index (χ1n) is 6.22. The highest BCUT2D eigenvalue weighted by Gasteiger charge is 2.05. The molecule has 1 N–H and O–H groups in total. The maximum atomic E-state index is 4.53. The van der Waals surface area contributed by atoms with Crippen LogP contribution in [0.15, 0.2) is 11.6 Å². The number of rotatable bonds is 5. The minimum absolute atomic E-state index is 0.722. The third-order valence-corrected chi connectivity index (χ3v) is 3.75. The van der Waals surface area contributed by atoms with Crippen molar-refractivity contribution in [3.63, 3.8) is 0 Å². The highest BCUT2D eigenvalue weighted by Crippen LogP contribution is 2.15. The van der Waals surface area contributed by atoms with Crippen molar-refractivity contribution in [1.82, 2.24) is 15.0 Å². The Kier molecular flexibility index (Phi) is 4.25. The van der Waals surface area contributed by atoms with E-state index in [1.165, 1.54) is 5.01 Å². The molecule has 2 aromatic rings. The topological polar surface area (TPSA) is 50.7 Å². The summed E-state index contributed by atoms with van der Waals surface area (Å²) in [6.07, 6.45) is 3.82. The van der Waals surface area contributed by atoms with Crippen molar-refractivity contribution in [2.45, 2.75) is 40.2 Å². The molecule has 0 saturated heterocycles. The van der Waals surface area contributed by atoms with Gasteiger partial charge in [-0.05, 0) is 19.8 Å². The van der Waals surface area contributed by atoms with Crippen LogP contribution >= 0.6 is 11.3 Å². The van der Waals surface area contributed by atoms with Gasteiger partial charge in [-0.3, -0.25) is 0 Å². The smallest absolute Gasteiger partial charge is 0.133 e. The molecule has 0 aromatic carbocycles. The molecule has 0 fully saturated rings. The van der Waals surface area contributed by atoms with Gasteiger partial charge in [0.15, 0.2) is 0 Å². The van der Waals surface area contributed by atoms with Crippen LogP contribution < -0.4 is 5.32 Å². The van der Waals surface area contributed by atoms with Crippen LogP contribution in [-0.4, -0.2) is 15.0 Å². The van der Waals surface area contributed by atoms with Crippen LogP contribution in [0, 0.1) is 6.92 Å². The van der Waals surface area contributed by atoms with Crippen LogP contribution in [0.25, 0.3) is 0 Å². The molecule has 0 spiro atoms. The second-order valence-corrected chi connectivity index (χ2v) is 5.03. The van der Waals surface area contributed by atoms with Crippen LogP contribution in [-0.2, 0) is 19.4 Å². The number of anilines is 1. The monoisotopic (exact) mass is 262 g/mol. The average molecular weight is 262 g/mol. The van der Waals surface area contributed by atoms with Crippen molar-refractivity contribution < 1.29 is 0 Å². The second-order valence-electron chi connectivity index (χ2n) is 4.08. The van der Waals surface area contributed by atoms with Gasteiger partial charge in [0.2, 0.25) is 0 Å². The minimum atomic E-state index is 0.722. The molecule has 0 bridgehead atoms. The molecule has 0 atom stereocenters. The van der Waals surface area contributed by atoms with Crippen LogP contribution in [0.5, 0.6) is 0 Å². The van der Waals surface area contributed by atoms with E-state index in [0.717, 1.165) is 42.3 Å². The van der Waals surface area contributed by atoms with Crippen molar-refractivity contribution in [1.29, 1.82) is 0 Å². The summed E-state index contributed by atoms with van der Waals surface area (Å²) in [6.45, 7) is 6.86. The van der Waals surface area contributed by atoms with E-state index in [1.54, 1.807) is 11.3 Å². The van der Waals surface area contributed by atoms with Crippen molar-refractivity contribution >= 4 is 17.2 Å². The summed E-state index contributed by atoms with van der Waals surface area (Å²) >= 11 is 1.71. The first-order valence-corrected chi connectivity index (χ1v) is 7.10. The molecule has 18 heavy (non-hydrogen) atoms. The third kappa shape index (κ3) is 3.04. The minimum Gasteiger partial charge on any atom is -0.364 e. The number of hydrogen-bond donors (Lipinski definition) is 1. The lowest BCUT2D eigenvalue weighted by molar-refractivity contribution is 0.952. The summed E-state index contributed by atoms with van der Waals surface area (Å²) in [5, 5.41) is 6.64. The second kappa shape index (κ2) is 5.91. The van der Waals surface area contributed by atoms with Crippen LogP contribution in [0.3, 0.4) is 0 Å². The molecule has 2 rings (SSSR count). The van der Waals surface area contributed by atoms with Crippen LogP contribution in [0.1, 0.15) is 35.9 Å². The highest BCUT2D eigenvalue weighted by atomic mass is 32.1. The van der Waals surface area contributed by atoms with Gasteiger partial charge in [0.25, 0.3) is 0 Å². The maximum Gasteiger partial charge on any atom is 0.133 e. The Morgan fingerprint density at radius 2 is 2.06 bits per heavy atom. The summed E-state index contributed by atoms with van der Waals surface area (Å²) in [6, 6.07) is 0. The summed E-state index contributed by atoms with van der Waals surface area (Å²) < 4.78 is 0. The zero-order valence-electron chi connectivity index (χ0n) is 11.0. The van der Waals surface area contributed by atoms with E-state index in [-0.39, 0.29) is 0 Å². The molecule has 0 aliphatic heterocycles. The Bertz CT molecular complexity index is 521. The molecule has 0 amide bonds. The van der Waals surface area contributed by atoms with E-state index < -0.39 is 0 Å². The van der Waals surface area contributed by atoms with Gasteiger partial charge in [0.1, 0.15) is 11.6 Å². The lowest BCUT2D eigenvalue weighted by atomic mass is 10.2. The summed E-state index contributed by atoms with van der Waals surface area (Å²) in [5.74, 6) is 1.72. The van der Waals surface area contributed by atoms with Gasteiger partial charge in [-0.1, -0.05) is 13.8 Å². The van der Waals surface area contributed by atoms with Gasteiger partial charge in [-0.2, -0.15) is 0 Å². The van der Waals surface area contributed by atoms with Crippen molar-refractivity contribution in [2.75, 3.05) is 5.32 Å². The lowest BCUT2D eigenvalue weighted by Crippen LogP contribution is -2.06. The number of thiazole rings is 1. The molecule has 2 heterocycles. The van der Waals surface area contributed by atoms with Crippen molar-refractivity contribution in [3.05, 3.63) is 33.7 Å². The fourth-order valence-corrected chi connectivity index (χ4v) is 2.42. The molecule has 0 radical (unpaired) electrons. The molecule has 0 unspecified atom stereocenters. The van der Waals surface area contributed by atoms with Crippen LogP contribution in [0.2, 0.25) is 0 Å². The van der Waals surface area contributed by atoms with E-state index in [1.807, 2.05) is 13.1 Å².